The average Bonchev–Trinajstić information content (AvgIpc) is 2.71. The number of methoxy groups -OCH3 is 2. The summed E-state index contributed by atoms with van der Waals surface area (Å²) in [6.45, 7) is 5.17. The van der Waals surface area contributed by atoms with E-state index in [9.17, 15) is 13.2 Å². The second-order valence-electron chi connectivity index (χ2n) is 6.62. The Morgan fingerprint density at radius 1 is 1.10 bits per heavy atom. The summed E-state index contributed by atoms with van der Waals surface area (Å²) in [5, 5.41) is 2.84. The third-order valence-electron chi connectivity index (χ3n) is 4.59. The lowest BCUT2D eigenvalue weighted by atomic mass is 10.1. The van der Waals surface area contributed by atoms with Gasteiger partial charge in [0, 0.05) is 12.1 Å². The second-order valence-corrected chi connectivity index (χ2v) is 8.52. The van der Waals surface area contributed by atoms with Crippen LogP contribution in [-0.4, -0.2) is 45.9 Å². The summed E-state index contributed by atoms with van der Waals surface area (Å²) >= 11 is 0. The first-order chi connectivity index (χ1) is 13.7. The minimum Gasteiger partial charge on any atom is -0.496 e. The predicted octanol–water partition coefficient (Wildman–Crippen LogP) is 2.90. The monoisotopic (exact) mass is 420 g/mol. The van der Waals surface area contributed by atoms with Crippen molar-refractivity contribution in [3.63, 3.8) is 0 Å². The molecule has 0 aliphatic rings. The van der Waals surface area contributed by atoms with Gasteiger partial charge in [0.05, 0.1) is 26.8 Å². The number of carbonyl (C=O) groups excluding carboxylic acids is 1. The maximum absolute atomic E-state index is 13.1. The summed E-state index contributed by atoms with van der Waals surface area (Å²) in [7, 11) is -0.920. The molecular formula is C21H28N2O5S. The molecule has 0 aliphatic carbocycles. The van der Waals surface area contributed by atoms with Crippen LogP contribution in [0.1, 0.15) is 31.0 Å². The molecule has 0 radical (unpaired) electrons. The summed E-state index contributed by atoms with van der Waals surface area (Å²) < 4.78 is 37.9. The SMILES string of the molecule is CCN(CC(=O)N[C@@H](C)c1ccccc1OC)S(=O)(=O)c1cc(C)ccc1OC. The fraction of sp³-hybridized carbons (Fsp3) is 0.381. The van der Waals surface area contributed by atoms with Crippen LogP contribution in [-0.2, 0) is 14.8 Å². The highest BCUT2D eigenvalue weighted by Gasteiger charge is 2.29. The van der Waals surface area contributed by atoms with E-state index in [0.717, 1.165) is 15.4 Å². The number of sulfonamides is 1. The Bertz CT molecular complexity index is 959. The number of likely N-dealkylation sites (N-methyl/N-ethyl adjacent to an activating group) is 1. The first-order valence-electron chi connectivity index (χ1n) is 9.31. The number of ether oxygens (including phenoxy) is 2. The Hall–Kier alpha value is -2.58. The molecule has 0 unspecified atom stereocenters. The van der Waals surface area contributed by atoms with Gasteiger partial charge in [-0.3, -0.25) is 4.79 Å². The fourth-order valence-corrected chi connectivity index (χ4v) is 4.69. The average molecular weight is 421 g/mol. The van der Waals surface area contributed by atoms with Crippen molar-refractivity contribution in [3.05, 3.63) is 53.6 Å². The molecule has 2 aromatic carbocycles. The number of hydrogen-bond acceptors (Lipinski definition) is 5. The fourth-order valence-electron chi connectivity index (χ4n) is 3.04. The quantitative estimate of drug-likeness (QED) is 0.674. The van der Waals surface area contributed by atoms with Gasteiger partial charge < -0.3 is 14.8 Å². The van der Waals surface area contributed by atoms with E-state index in [1.807, 2.05) is 31.2 Å². The summed E-state index contributed by atoms with van der Waals surface area (Å²) in [6, 6.07) is 12.0. The minimum absolute atomic E-state index is 0.0485. The molecule has 8 heteroatoms. The number of hydrogen-bond donors (Lipinski definition) is 1. The van der Waals surface area contributed by atoms with Crippen molar-refractivity contribution in [2.75, 3.05) is 27.3 Å². The molecule has 158 valence electrons. The van der Waals surface area contributed by atoms with Crippen molar-refractivity contribution < 1.29 is 22.7 Å². The van der Waals surface area contributed by atoms with Gasteiger partial charge in [-0.1, -0.05) is 31.2 Å². The zero-order valence-electron chi connectivity index (χ0n) is 17.4. The molecule has 2 aromatic rings. The van der Waals surface area contributed by atoms with Gasteiger partial charge in [-0.2, -0.15) is 4.31 Å². The Labute approximate surface area is 172 Å². The molecule has 1 N–H and O–H groups in total. The lowest BCUT2D eigenvalue weighted by molar-refractivity contribution is -0.121. The van der Waals surface area contributed by atoms with Crippen LogP contribution < -0.4 is 14.8 Å². The number of rotatable bonds is 9. The highest BCUT2D eigenvalue weighted by molar-refractivity contribution is 7.89. The van der Waals surface area contributed by atoms with Crippen LogP contribution >= 0.6 is 0 Å². The largest absolute Gasteiger partial charge is 0.496 e. The van der Waals surface area contributed by atoms with Gasteiger partial charge in [0.2, 0.25) is 15.9 Å². The van der Waals surface area contributed by atoms with Crippen LogP contribution in [0.5, 0.6) is 11.5 Å². The minimum atomic E-state index is -3.90. The van der Waals surface area contributed by atoms with E-state index in [4.69, 9.17) is 9.47 Å². The van der Waals surface area contributed by atoms with Crippen LogP contribution in [0.25, 0.3) is 0 Å². The highest BCUT2D eigenvalue weighted by Crippen LogP contribution is 2.28. The van der Waals surface area contributed by atoms with E-state index in [0.29, 0.717) is 5.75 Å². The van der Waals surface area contributed by atoms with E-state index in [2.05, 4.69) is 5.32 Å². The molecule has 0 saturated carbocycles. The standard InChI is InChI=1S/C21H28N2O5S/c1-6-23(29(25,26)20-13-15(2)11-12-19(20)28-5)14-21(24)22-16(3)17-9-7-8-10-18(17)27-4/h7-13,16H,6,14H2,1-5H3,(H,22,24)/t16-/m0/s1. The van der Waals surface area contributed by atoms with Crippen molar-refractivity contribution in [1.29, 1.82) is 0 Å². The Kier molecular flexibility index (Phi) is 7.64. The normalized spacial score (nSPS) is 12.5. The molecule has 0 spiro atoms. The van der Waals surface area contributed by atoms with Gasteiger partial charge in [0.15, 0.2) is 0 Å². The lowest BCUT2D eigenvalue weighted by Gasteiger charge is -2.23. The van der Waals surface area contributed by atoms with Crippen molar-refractivity contribution >= 4 is 15.9 Å². The van der Waals surface area contributed by atoms with E-state index >= 15 is 0 Å². The first kappa shape index (κ1) is 22.7. The van der Waals surface area contributed by atoms with Crippen molar-refractivity contribution in [1.82, 2.24) is 9.62 Å². The molecule has 1 atom stereocenters. The number of benzene rings is 2. The second kappa shape index (κ2) is 9.76. The van der Waals surface area contributed by atoms with E-state index < -0.39 is 15.9 Å². The number of para-hydroxylation sites is 1. The van der Waals surface area contributed by atoms with Crippen molar-refractivity contribution in [2.24, 2.45) is 0 Å². The summed E-state index contributed by atoms with van der Waals surface area (Å²) in [6.07, 6.45) is 0. The van der Waals surface area contributed by atoms with Gasteiger partial charge >= 0.3 is 0 Å². The van der Waals surface area contributed by atoms with Gasteiger partial charge in [-0.25, -0.2) is 8.42 Å². The molecule has 0 aromatic heterocycles. The molecular weight excluding hydrogens is 392 g/mol. The molecule has 29 heavy (non-hydrogen) atoms. The molecule has 0 aliphatic heterocycles. The lowest BCUT2D eigenvalue weighted by Crippen LogP contribution is -2.41. The van der Waals surface area contributed by atoms with E-state index in [1.165, 1.54) is 7.11 Å². The Morgan fingerprint density at radius 3 is 2.38 bits per heavy atom. The zero-order valence-corrected chi connectivity index (χ0v) is 18.2. The first-order valence-corrected chi connectivity index (χ1v) is 10.8. The van der Waals surface area contributed by atoms with Crippen molar-refractivity contribution in [3.8, 4) is 11.5 Å². The smallest absolute Gasteiger partial charge is 0.247 e. The summed E-state index contributed by atoms with van der Waals surface area (Å²) in [4.78, 5) is 12.7. The maximum Gasteiger partial charge on any atom is 0.247 e. The van der Waals surface area contributed by atoms with Gasteiger partial charge in [0.1, 0.15) is 16.4 Å². The van der Waals surface area contributed by atoms with Crippen LogP contribution in [0.3, 0.4) is 0 Å². The van der Waals surface area contributed by atoms with Gasteiger partial charge in [0.25, 0.3) is 0 Å². The number of carbonyl (C=O) groups is 1. The molecule has 0 heterocycles. The predicted molar refractivity (Wildman–Crippen MR) is 112 cm³/mol. The highest BCUT2D eigenvalue weighted by atomic mass is 32.2. The molecule has 7 nitrogen and oxygen atoms in total. The van der Waals surface area contributed by atoms with E-state index in [1.54, 1.807) is 39.2 Å². The number of nitrogens with one attached hydrogen (secondary N) is 1. The van der Waals surface area contributed by atoms with Crippen LogP contribution in [0, 0.1) is 6.92 Å². The van der Waals surface area contributed by atoms with E-state index in [-0.39, 0.29) is 29.8 Å². The third-order valence-corrected chi connectivity index (χ3v) is 6.53. The molecule has 0 saturated heterocycles. The Balaban J connectivity index is 2.20. The summed E-state index contributed by atoms with van der Waals surface area (Å²) in [5.74, 6) is 0.502. The molecule has 2 rings (SSSR count). The zero-order chi connectivity index (χ0) is 21.6. The van der Waals surface area contributed by atoms with Crippen LogP contribution in [0.4, 0.5) is 0 Å². The maximum atomic E-state index is 13.1. The number of amides is 1. The molecule has 1 amide bonds. The van der Waals surface area contributed by atoms with Crippen molar-refractivity contribution in [2.45, 2.75) is 31.7 Å². The third kappa shape index (κ3) is 5.27. The van der Waals surface area contributed by atoms with Crippen LogP contribution in [0.15, 0.2) is 47.4 Å². The van der Waals surface area contributed by atoms with Gasteiger partial charge in [-0.05, 0) is 37.6 Å². The number of aryl methyl sites for hydroxylation is 1. The number of nitrogens with zero attached hydrogens (tertiary/aromatic N) is 1. The van der Waals surface area contributed by atoms with Crippen LogP contribution in [0.2, 0.25) is 0 Å². The molecule has 0 bridgehead atoms. The van der Waals surface area contributed by atoms with Gasteiger partial charge in [-0.15, -0.1) is 0 Å². The molecule has 0 fully saturated rings. The summed E-state index contributed by atoms with van der Waals surface area (Å²) in [5.41, 5.74) is 1.60. The topological polar surface area (TPSA) is 84.9 Å². The Morgan fingerprint density at radius 2 is 1.76 bits per heavy atom.